The Morgan fingerprint density at radius 1 is 0.971 bits per heavy atom. The van der Waals surface area contributed by atoms with Gasteiger partial charge < -0.3 is 5.11 Å². The molecule has 2 amide bonds. The zero-order valence-corrected chi connectivity index (χ0v) is 19.2. The summed E-state index contributed by atoms with van der Waals surface area (Å²) in [6, 6.07) is 22.5. The fourth-order valence-electron chi connectivity index (χ4n) is 5.30. The molecule has 4 atom stereocenters. The Labute approximate surface area is 202 Å². The first-order chi connectivity index (χ1) is 16.3. The number of benzene rings is 3. The normalized spacial score (nSPS) is 26.1. The lowest BCUT2D eigenvalue weighted by Crippen LogP contribution is -2.57. The smallest absolute Gasteiger partial charge is 0.325 e. The highest BCUT2D eigenvalue weighted by molar-refractivity contribution is 6.31. The summed E-state index contributed by atoms with van der Waals surface area (Å²) in [5.41, 5.74) is 1.10. The number of aryl methyl sites for hydroxylation is 1. The molecule has 34 heavy (non-hydrogen) atoms. The van der Waals surface area contributed by atoms with E-state index in [1.807, 2.05) is 49.4 Å². The summed E-state index contributed by atoms with van der Waals surface area (Å²) < 4.78 is 0. The lowest BCUT2D eigenvalue weighted by atomic mass is 9.76. The van der Waals surface area contributed by atoms with Crippen molar-refractivity contribution in [2.24, 2.45) is 11.8 Å². The zero-order valence-electron chi connectivity index (χ0n) is 18.4. The summed E-state index contributed by atoms with van der Waals surface area (Å²) in [5.74, 6) is -4.12. The number of carbonyl (C=O) groups excluding carboxylic acids is 2. The molecule has 2 aliphatic heterocycles. The van der Waals surface area contributed by atoms with Crippen molar-refractivity contribution in [3.8, 4) is 0 Å². The van der Waals surface area contributed by atoms with Crippen LogP contribution in [0.5, 0.6) is 0 Å². The minimum absolute atomic E-state index is 0.0477. The molecule has 2 heterocycles. The number of aliphatic carboxylic acids is 1. The van der Waals surface area contributed by atoms with Crippen LogP contribution in [-0.2, 0) is 20.8 Å². The highest BCUT2D eigenvalue weighted by Gasteiger charge is 2.68. The molecule has 3 aromatic carbocycles. The molecule has 2 N–H and O–H groups in total. The van der Waals surface area contributed by atoms with Crippen molar-refractivity contribution in [1.82, 2.24) is 5.32 Å². The number of hydrogen-bond acceptors (Lipinski definition) is 4. The number of carbonyl (C=O) groups is 3. The second-order valence-corrected chi connectivity index (χ2v) is 9.34. The maximum Gasteiger partial charge on any atom is 0.325 e. The fraction of sp³-hybridized carbons (Fsp3) is 0.222. The van der Waals surface area contributed by atoms with Crippen LogP contribution < -0.4 is 10.2 Å². The van der Waals surface area contributed by atoms with Crippen LogP contribution in [-0.4, -0.2) is 28.4 Å². The molecule has 0 radical (unpaired) electrons. The van der Waals surface area contributed by atoms with Gasteiger partial charge in [0.25, 0.3) is 0 Å². The van der Waals surface area contributed by atoms with E-state index >= 15 is 0 Å². The molecule has 6 nitrogen and oxygen atoms in total. The van der Waals surface area contributed by atoms with Crippen LogP contribution in [0.25, 0.3) is 0 Å². The number of anilines is 1. The quantitative estimate of drug-likeness (QED) is 0.542. The number of imide groups is 1. The molecule has 0 spiro atoms. The Morgan fingerprint density at radius 3 is 2.26 bits per heavy atom. The molecular weight excluding hydrogens is 452 g/mol. The van der Waals surface area contributed by atoms with Crippen LogP contribution in [0.15, 0.2) is 78.9 Å². The molecule has 7 heteroatoms. The average molecular weight is 475 g/mol. The minimum Gasteiger partial charge on any atom is -0.480 e. The molecule has 5 rings (SSSR count). The number of amides is 2. The van der Waals surface area contributed by atoms with E-state index in [1.165, 1.54) is 0 Å². The third-order valence-electron chi connectivity index (χ3n) is 6.89. The van der Waals surface area contributed by atoms with E-state index in [9.17, 15) is 19.5 Å². The molecule has 0 aromatic heterocycles. The summed E-state index contributed by atoms with van der Waals surface area (Å²) in [6.45, 7) is 1.92. The Bertz CT molecular complexity index is 1280. The minimum atomic E-state index is -1.68. The van der Waals surface area contributed by atoms with Gasteiger partial charge in [-0.3, -0.25) is 19.7 Å². The van der Waals surface area contributed by atoms with Crippen LogP contribution in [0.3, 0.4) is 0 Å². The van der Waals surface area contributed by atoms with Gasteiger partial charge in [0, 0.05) is 17.5 Å². The topological polar surface area (TPSA) is 86.7 Å². The molecule has 3 aromatic rings. The van der Waals surface area contributed by atoms with E-state index < -0.39 is 41.2 Å². The van der Waals surface area contributed by atoms with E-state index in [2.05, 4.69) is 5.32 Å². The lowest BCUT2D eigenvalue weighted by molar-refractivity contribution is -0.148. The second kappa shape index (κ2) is 8.38. The van der Waals surface area contributed by atoms with Crippen molar-refractivity contribution in [3.05, 3.63) is 101 Å². The summed E-state index contributed by atoms with van der Waals surface area (Å²) in [7, 11) is 0. The summed E-state index contributed by atoms with van der Waals surface area (Å²) in [5, 5.41) is 14.1. The van der Waals surface area contributed by atoms with Crippen LogP contribution in [0.4, 0.5) is 5.69 Å². The van der Waals surface area contributed by atoms with Gasteiger partial charge in [-0.15, -0.1) is 0 Å². The lowest BCUT2D eigenvalue weighted by Gasteiger charge is -2.31. The summed E-state index contributed by atoms with van der Waals surface area (Å²) in [6.07, 6.45) is 0.0477. The average Bonchev–Trinajstić information content (AvgIpc) is 3.30. The van der Waals surface area contributed by atoms with Gasteiger partial charge in [0.15, 0.2) is 0 Å². The van der Waals surface area contributed by atoms with Crippen molar-refractivity contribution in [2.45, 2.75) is 24.9 Å². The molecular formula is C27H23ClN2O4. The van der Waals surface area contributed by atoms with E-state index in [-0.39, 0.29) is 6.42 Å². The number of rotatable bonds is 5. The van der Waals surface area contributed by atoms with Crippen LogP contribution in [0, 0.1) is 18.8 Å². The fourth-order valence-corrected chi connectivity index (χ4v) is 5.55. The second-order valence-electron chi connectivity index (χ2n) is 8.93. The first-order valence-corrected chi connectivity index (χ1v) is 11.5. The van der Waals surface area contributed by atoms with Gasteiger partial charge in [-0.1, -0.05) is 77.8 Å². The molecule has 0 aliphatic carbocycles. The Kier molecular flexibility index (Phi) is 5.50. The Balaban J connectivity index is 1.67. The van der Waals surface area contributed by atoms with Crippen molar-refractivity contribution >= 4 is 35.1 Å². The highest BCUT2D eigenvalue weighted by Crippen LogP contribution is 2.51. The number of nitrogens with one attached hydrogen (secondary N) is 1. The Morgan fingerprint density at radius 2 is 1.62 bits per heavy atom. The SMILES string of the molecule is Cc1ccc(N2C(=O)C3C(c4ccccc4Cl)NC(Cc4ccccc4)(C(=O)O)C3C2=O)cc1. The number of nitrogens with zero attached hydrogens (tertiary/aromatic N) is 1. The Hall–Kier alpha value is -3.48. The molecule has 2 saturated heterocycles. The summed E-state index contributed by atoms with van der Waals surface area (Å²) in [4.78, 5) is 41.6. The van der Waals surface area contributed by atoms with Crippen LogP contribution in [0.1, 0.15) is 22.7 Å². The molecule has 0 saturated carbocycles. The van der Waals surface area contributed by atoms with Crippen LogP contribution in [0.2, 0.25) is 5.02 Å². The van der Waals surface area contributed by atoms with Crippen LogP contribution >= 0.6 is 11.6 Å². The number of carboxylic acids is 1. The third kappa shape index (κ3) is 3.42. The third-order valence-corrected chi connectivity index (χ3v) is 7.24. The standard InChI is InChI=1S/C27H23ClN2O4/c1-16-11-13-18(14-12-16)30-24(31)21-22(25(30)32)27(26(33)34,15-17-7-3-2-4-8-17)29-23(21)19-9-5-6-10-20(19)28/h2-14,21-23,29H,15H2,1H3,(H,33,34). The van der Waals surface area contributed by atoms with E-state index in [0.717, 1.165) is 16.0 Å². The van der Waals surface area contributed by atoms with Gasteiger partial charge in [-0.2, -0.15) is 0 Å². The zero-order chi connectivity index (χ0) is 24.0. The maximum atomic E-state index is 13.8. The van der Waals surface area contributed by atoms with E-state index in [1.54, 1.807) is 36.4 Å². The predicted octanol–water partition coefficient (Wildman–Crippen LogP) is 4.16. The van der Waals surface area contributed by atoms with Gasteiger partial charge in [-0.05, 0) is 36.2 Å². The highest BCUT2D eigenvalue weighted by atomic mass is 35.5. The van der Waals surface area contributed by atoms with Gasteiger partial charge in [0.1, 0.15) is 5.54 Å². The molecule has 172 valence electrons. The maximum absolute atomic E-state index is 13.8. The molecule has 2 fully saturated rings. The molecule has 4 unspecified atom stereocenters. The van der Waals surface area contributed by atoms with E-state index in [0.29, 0.717) is 16.3 Å². The largest absolute Gasteiger partial charge is 0.480 e. The van der Waals surface area contributed by atoms with Crippen molar-refractivity contribution < 1.29 is 19.5 Å². The number of halogens is 1. The number of hydrogen-bond donors (Lipinski definition) is 2. The first-order valence-electron chi connectivity index (χ1n) is 11.1. The van der Waals surface area contributed by atoms with Gasteiger partial charge in [-0.25, -0.2) is 4.90 Å². The molecule has 2 aliphatic rings. The summed E-state index contributed by atoms with van der Waals surface area (Å²) >= 11 is 6.49. The molecule has 0 bridgehead atoms. The first kappa shape index (κ1) is 22.3. The van der Waals surface area contributed by atoms with E-state index in [4.69, 9.17) is 11.6 Å². The predicted molar refractivity (Wildman–Crippen MR) is 128 cm³/mol. The van der Waals surface area contributed by atoms with Crippen molar-refractivity contribution in [2.75, 3.05) is 4.90 Å². The number of fused-ring (bicyclic) bond motifs is 1. The number of carboxylic acid groups (broad SMARTS) is 1. The monoisotopic (exact) mass is 474 g/mol. The van der Waals surface area contributed by atoms with Gasteiger partial charge in [0.2, 0.25) is 11.8 Å². The van der Waals surface area contributed by atoms with Crippen molar-refractivity contribution in [1.29, 1.82) is 0 Å². The van der Waals surface area contributed by atoms with Gasteiger partial charge >= 0.3 is 5.97 Å². The van der Waals surface area contributed by atoms with Crippen molar-refractivity contribution in [3.63, 3.8) is 0 Å². The van der Waals surface area contributed by atoms with Gasteiger partial charge in [0.05, 0.1) is 17.5 Å².